The largest absolute Gasteiger partial charge is 0.508 e. The van der Waals surface area contributed by atoms with Crippen LogP contribution < -0.4 is 0 Å². The summed E-state index contributed by atoms with van der Waals surface area (Å²) in [6.45, 7) is 0.372. The van der Waals surface area contributed by atoms with Crippen LogP contribution in [0.25, 0.3) is 16.3 Å². The molecule has 0 radical (unpaired) electrons. The SMILES string of the molecule is O=C1CS[C@H](c2cn(-c3ccc(F)cc3)nc2-c2ccc(F)s2)N1Cc1ccc(O)cc1. The minimum atomic E-state index is -0.348. The molecule has 0 spiro atoms. The molecule has 1 saturated heterocycles. The minimum Gasteiger partial charge on any atom is -0.508 e. The summed E-state index contributed by atoms with van der Waals surface area (Å²) in [5, 5.41) is 13.6. The zero-order chi connectivity index (χ0) is 22.2. The Labute approximate surface area is 190 Å². The third-order valence-electron chi connectivity index (χ3n) is 5.16. The Morgan fingerprint density at radius 3 is 2.47 bits per heavy atom. The van der Waals surface area contributed by atoms with Crippen LogP contribution >= 0.6 is 23.1 Å². The topological polar surface area (TPSA) is 58.4 Å². The van der Waals surface area contributed by atoms with Gasteiger partial charge in [-0.15, -0.1) is 23.1 Å². The van der Waals surface area contributed by atoms with E-state index in [9.17, 15) is 18.7 Å². The van der Waals surface area contributed by atoms with Gasteiger partial charge in [0.15, 0.2) is 5.13 Å². The molecule has 9 heteroatoms. The Morgan fingerprint density at radius 1 is 1.03 bits per heavy atom. The first-order valence-corrected chi connectivity index (χ1v) is 11.6. The third-order valence-corrected chi connectivity index (χ3v) is 7.28. The van der Waals surface area contributed by atoms with Gasteiger partial charge >= 0.3 is 0 Å². The number of carbonyl (C=O) groups is 1. The second-order valence-corrected chi connectivity index (χ2v) is 9.41. The molecule has 3 heterocycles. The van der Waals surface area contributed by atoms with Crippen LogP contribution in [0.2, 0.25) is 0 Å². The number of halogens is 2. The number of aromatic nitrogens is 2. The molecule has 1 amide bonds. The number of carbonyl (C=O) groups excluding carboxylic acids is 1. The highest BCUT2D eigenvalue weighted by molar-refractivity contribution is 8.00. The van der Waals surface area contributed by atoms with E-state index in [-0.39, 0.29) is 28.0 Å². The van der Waals surface area contributed by atoms with Crippen molar-refractivity contribution in [1.82, 2.24) is 14.7 Å². The van der Waals surface area contributed by atoms with Gasteiger partial charge in [-0.1, -0.05) is 12.1 Å². The fourth-order valence-corrected chi connectivity index (χ4v) is 5.54. The summed E-state index contributed by atoms with van der Waals surface area (Å²) in [5.41, 5.74) is 2.92. The van der Waals surface area contributed by atoms with Gasteiger partial charge < -0.3 is 10.0 Å². The minimum absolute atomic E-state index is 0.00841. The molecular weight excluding hydrogens is 452 g/mol. The maximum absolute atomic E-state index is 13.8. The van der Waals surface area contributed by atoms with Crippen molar-refractivity contribution in [3.05, 3.63) is 88.9 Å². The van der Waals surface area contributed by atoms with E-state index < -0.39 is 0 Å². The molecule has 1 N–H and O–H groups in total. The molecule has 0 aliphatic carbocycles. The lowest BCUT2D eigenvalue weighted by molar-refractivity contribution is -0.128. The van der Waals surface area contributed by atoms with Crippen LogP contribution in [0, 0.1) is 10.9 Å². The second-order valence-electron chi connectivity index (χ2n) is 7.31. The van der Waals surface area contributed by atoms with E-state index >= 15 is 0 Å². The van der Waals surface area contributed by atoms with E-state index in [1.807, 2.05) is 6.20 Å². The van der Waals surface area contributed by atoms with Crippen LogP contribution in [0.1, 0.15) is 16.5 Å². The Kier molecular flexibility index (Phi) is 5.44. The number of nitrogens with zero attached hydrogens (tertiary/aromatic N) is 3. The van der Waals surface area contributed by atoms with Gasteiger partial charge in [0.25, 0.3) is 0 Å². The Balaban J connectivity index is 1.56. The Hall–Kier alpha value is -3.17. The molecule has 32 heavy (non-hydrogen) atoms. The van der Waals surface area contributed by atoms with Crippen molar-refractivity contribution in [2.75, 3.05) is 5.75 Å². The molecule has 1 fully saturated rings. The number of hydrogen-bond donors (Lipinski definition) is 1. The van der Waals surface area contributed by atoms with Crippen LogP contribution in [-0.2, 0) is 11.3 Å². The van der Waals surface area contributed by atoms with E-state index in [0.717, 1.165) is 22.5 Å². The number of phenolic OH excluding ortho intramolecular Hbond substituents is 1. The van der Waals surface area contributed by atoms with Crippen molar-refractivity contribution < 1.29 is 18.7 Å². The van der Waals surface area contributed by atoms with Crippen molar-refractivity contribution in [2.24, 2.45) is 0 Å². The fraction of sp³-hybridized carbons (Fsp3) is 0.130. The maximum Gasteiger partial charge on any atom is 0.234 e. The maximum atomic E-state index is 13.8. The quantitative estimate of drug-likeness (QED) is 0.428. The number of thiophene rings is 1. The average molecular weight is 470 g/mol. The van der Waals surface area contributed by atoms with Crippen molar-refractivity contribution in [2.45, 2.75) is 11.9 Å². The van der Waals surface area contributed by atoms with Crippen LogP contribution in [0.5, 0.6) is 5.75 Å². The van der Waals surface area contributed by atoms with E-state index in [1.54, 1.807) is 52.0 Å². The van der Waals surface area contributed by atoms with Gasteiger partial charge in [-0.25, -0.2) is 9.07 Å². The summed E-state index contributed by atoms with van der Waals surface area (Å²) < 4.78 is 28.8. The smallest absolute Gasteiger partial charge is 0.234 e. The summed E-state index contributed by atoms with van der Waals surface area (Å²) in [7, 11) is 0. The molecule has 2 aromatic heterocycles. The van der Waals surface area contributed by atoms with Crippen molar-refractivity contribution >= 4 is 29.0 Å². The predicted octanol–water partition coefficient (Wildman–Crippen LogP) is 5.36. The summed E-state index contributed by atoms with van der Waals surface area (Å²) in [6, 6.07) is 15.7. The first-order chi connectivity index (χ1) is 15.5. The number of amides is 1. The number of benzene rings is 2. The first-order valence-electron chi connectivity index (χ1n) is 9.78. The lowest BCUT2D eigenvalue weighted by Gasteiger charge is -2.24. The molecule has 0 bridgehead atoms. The molecule has 2 aromatic carbocycles. The van der Waals surface area contributed by atoms with Crippen LogP contribution in [-0.4, -0.2) is 31.4 Å². The summed E-state index contributed by atoms with van der Waals surface area (Å²) in [4.78, 5) is 15.1. The molecule has 5 rings (SSSR count). The highest BCUT2D eigenvalue weighted by Gasteiger charge is 2.36. The zero-order valence-corrected chi connectivity index (χ0v) is 18.2. The highest BCUT2D eigenvalue weighted by Crippen LogP contribution is 2.44. The standard InChI is InChI=1S/C23H17F2N3O2S2/c24-15-3-5-16(6-4-15)28-12-18(22(26-28)19-9-10-20(25)32-19)23-27(21(30)13-31-23)11-14-1-7-17(29)8-2-14/h1-10,12,23,29H,11,13H2/t23-/m1/s1. The average Bonchev–Trinajstić information content (AvgIpc) is 3.49. The number of rotatable bonds is 5. The summed E-state index contributed by atoms with van der Waals surface area (Å²) >= 11 is 2.47. The molecule has 1 atom stereocenters. The molecular formula is C23H17F2N3O2S2. The van der Waals surface area contributed by atoms with E-state index in [4.69, 9.17) is 0 Å². The van der Waals surface area contributed by atoms with Gasteiger partial charge in [0.05, 0.1) is 16.3 Å². The van der Waals surface area contributed by atoms with Crippen LogP contribution in [0.3, 0.4) is 0 Å². The van der Waals surface area contributed by atoms with Crippen molar-refractivity contribution in [1.29, 1.82) is 0 Å². The van der Waals surface area contributed by atoms with Crippen LogP contribution in [0.15, 0.2) is 66.9 Å². The molecule has 5 nitrogen and oxygen atoms in total. The van der Waals surface area contributed by atoms with Gasteiger partial charge in [-0.3, -0.25) is 4.79 Å². The predicted molar refractivity (Wildman–Crippen MR) is 121 cm³/mol. The first kappa shape index (κ1) is 20.7. The van der Waals surface area contributed by atoms with Gasteiger partial charge in [0, 0.05) is 18.3 Å². The van der Waals surface area contributed by atoms with E-state index in [0.29, 0.717) is 28.6 Å². The molecule has 1 aliphatic heterocycles. The Bertz CT molecular complexity index is 1270. The van der Waals surface area contributed by atoms with E-state index in [2.05, 4.69) is 5.10 Å². The van der Waals surface area contributed by atoms with Gasteiger partial charge in [-0.05, 0) is 54.1 Å². The van der Waals surface area contributed by atoms with E-state index in [1.165, 1.54) is 30.0 Å². The normalized spacial score (nSPS) is 16.1. The molecule has 0 saturated carbocycles. The molecule has 162 valence electrons. The monoisotopic (exact) mass is 469 g/mol. The number of hydrogen-bond acceptors (Lipinski definition) is 5. The zero-order valence-electron chi connectivity index (χ0n) is 16.6. The Morgan fingerprint density at radius 2 is 1.78 bits per heavy atom. The van der Waals surface area contributed by atoms with Crippen molar-refractivity contribution in [3.63, 3.8) is 0 Å². The lowest BCUT2D eigenvalue weighted by atomic mass is 10.1. The number of aromatic hydroxyl groups is 1. The lowest BCUT2D eigenvalue weighted by Crippen LogP contribution is -2.27. The number of thioether (sulfide) groups is 1. The van der Waals surface area contributed by atoms with Crippen molar-refractivity contribution in [3.8, 4) is 22.0 Å². The van der Waals surface area contributed by atoms with Gasteiger partial charge in [-0.2, -0.15) is 9.49 Å². The van der Waals surface area contributed by atoms with Gasteiger partial charge in [0.2, 0.25) is 5.91 Å². The fourth-order valence-electron chi connectivity index (χ4n) is 3.61. The third kappa shape index (κ3) is 4.01. The van der Waals surface area contributed by atoms with Gasteiger partial charge in [0.1, 0.15) is 22.6 Å². The molecule has 4 aromatic rings. The summed E-state index contributed by atoms with van der Waals surface area (Å²) in [6.07, 6.45) is 1.82. The highest BCUT2D eigenvalue weighted by atomic mass is 32.2. The second kappa shape index (κ2) is 8.40. The molecule has 0 unspecified atom stereocenters. The number of phenols is 1. The molecule has 1 aliphatic rings. The van der Waals surface area contributed by atoms with Crippen LogP contribution in [0.4, 0.5) is 8.78 Å². The summed E-state index contributed by atoms with van der Waals surface area (Å²) in [5.74, 6) is 0.127.